The zero-order valence-corrected chi connectivity index (χ0v) is 21.9. The molecule has 3 atom stereocenters. The molecule has 1 aliphatic heterocycles. The fraction of sp³-hybridized carbons (Fsp3) is 0.333. The van der Waals surface area contributed by atoms with E-state index in [9.17, 15) is 0 Å². The summed E-state index contributed by atoms with van der Waals surface area (Å²) in [5, 5.41) is 2.53. The molecule has 2 aliphatic rings. The zero-order valence-electron chi connectivity index (χ0n) is 20.9. The van der Waals surface area contributed by atoms with Crippen molar-refractivity contribution in [2.45, 2.75) is 50.7 Å². The third-order valence-corrected chi connectivity index (χ3v) is 12.0. The molecule has 0 spiro atoms. The van der Waals surface area contributed by atoms with Crippen LogP contribution in [0, 0.1) is 0 Å². The molecule has 0 radical (unpaired) electrons. The summed E-state index contributed by atoms with van der Waals surface area (Å²) in [4.78, 5) is 0. The average molecular weight is 487 g/mol. The van der Waals surface area contributed by atoms with E-state index in [1.807, 2.05) is 24.3 Å². The third kappa shape index (κ3) is 4.74. The normalized spacial score (nSPS) is 21.4. The molecule has 1 saturated heterocycles. The number of hydrogen-bond acceptors (Lipinski definition) is 4. The van der Waals surface area contributed by atoms with Crippen molar-refractivity contribution in [3.8, 4) is 5.75 Å². The maximum atomic E-state index is 7.11. The van der Waals surface area contributed by atoms with Gasteiger partial charge in [0, 0.05) is 0 Å². The maximum Gasteiger partial charge on any atom is 0.261 e. The van der Waals surface area contributed by atoms with E-state index in [0.717, 1.165) is 11.3 Å². The number of ether oxygens (including phenoxy) is 3. The van der Waals surface area contributed by atoms with E-state index in [-0.39, 0.29) is 23.4 Å². The van der Waals surface area contributed by atoms with Gasteiger partial charge in [-0.2, -0.15) is 0 Å². The van der Waals surface area contributed by atoms with Crippen LogP contribution in [0.4, 0.5) is 0 Å². The predicted octanol–water partition coefficient (Wildman–Crippen LogP) is 4.86. The van der Waals surface area contributed by atoms with Crippen molar-refractivity contribution in [3.05, 3.63) is 102 Å². The summed E-state index contributed by atoms with van der Waals surface area (Å²) < 4.78 is 24.6. The van der Waals surface area contributed by atoms with E-state index in [4.69, 9.17) is 18.6 Å². The molecule has 0 aromatic heterocycles. The first-order chi connectivity index (χ1) is 16.9. The van der Waals surface area contributed by atoms with E-state index in [2.05, 4.69) is 87.5 Å². The van der Waals surface area contributed by atoms with E-state index in [1.165, 1.54) is 15.9 Å². The molecule has 4 nitrogen and oxygen atoms in total. The van der Waals surface area contributed by atoms with Crippen LogP contribution in [0.15, 0.2) is 96.6 Å². The van der Waals surface area contributed by atoms with Gasteiger partial charge in [0.05, 0.1) is 20.3 Å². The highest BCUT2D eigenvalue weighted by Gasteiger charge is 2.54. The second-order valence-electron chi connectivity index (χ2n) is 10.3. The molecule has 1 aliphatic carbocycles. The monoisotopic (exact) mass is 486 g/mol. The summed E-state index contributed by atoms with van der Waals surface area (Å²) >= 11 is 0. The van der Waals surface area contributed by atoms with Gasteiger partial charge in [-0.25, -0.2) is 0 Å². The van der Waals surface area contributed by atoms with E-state index in [0.29, 0.717) is 13.2 Å². The van der Waals surface area contributed by atoms with E-state index < -0.39 is 8.32 Å². The fourth-order valence-electron chi connectivity index (χ4n) is 5.21. The average Bonchev–Trinajstić information content (AvgIpc) is 3.60. The Morgan fingerprint density at radius 3 is 1.94 bits per heavy atom. The molecule has 5 rings (SSSR count). The lowest BCUT2D eigenvalue weighted by atomic mass is 10.2. The minimum atomic E-state index is -2.58. The Labute approximate surface area is 209 Å². The number of hydrogen-bond donors (Lipinski definition) is 0. The molecule has 35 heavy (non-hydrogen) atoms. The summed E-state index contributed by atoms with van der Waals surface area (Å²) in [6.45, 7) is 8.01. The molecule has 0 bridgehead atoms. The summed E-state index contributed by atoms with van der Waals surface area (Å²) in [6.07, 6.45) is 2.39. The van der Waals surface area contributed by atoms with Crippen molar-refractivity contribution >= 4 is 18.7 Å². The fourth-order valence-corrected chi connectivity index (χ4v) is 9.75. The lowest BCUT2D eigenvalue weighted by molar-refractivity contribution is 0.0518. The van der Waals surface area contributed by atoms with Gasteiger partial charge in [-0.15, -0.1) is 0 Å². The molecule has 3 aromatic rings. The number of fused-ring (bicyclic) bond motifs is 1. The Kier molecular flexibility index (Phi) is 6.69. The van der Waals surface area contributed by atoms with Gasteiger partial charge in [0.2, 0.25) is 0 Å². The molecule has 3 aromatic carbocycles. The molecule has 0 N–H and O–H groups in total. The van der Waals surface area contributed by atoms with Crippen LogP contribution in [0.2, 0.25) is 5.04 Å². The second kappa shape index (κ2) is 9.74. The smallest absolute Gasteiger partial charge is 0.261 e. The summed E-state index contributed by atoms with van der Waals surface area (Å²) in [6, 6.07) is 29.5. The Morgan fingerprint density at radius 2 is 1.40 bits per heavy atom. The lowest BCUT2D eigenvalue weighted by Crippen LogP contribution is -2.66. The largest absolute Gasteiger partial charge is 0.497 e. The number of methoxy groups -OCH3 is 1. The van der Waals surface area contributed by atoms with Crippen LogP contribution in [-0.4, -0.2) is 40.3 Å². The first kappa shape index (κ1) is 24.0. The topological polar surface area (TPSA) is 40.2 Å². The van der Waals surface area contributed by atoms with Crippen molar-refractivity contribution in [3.63, 3.8) is 0 Å². The van der Waals surface area contributed by atoms with Crippen molar-refractivity contribution < 1.29 is 18.6 Å². The second-order valence-corrected chi connectivity index (χ2v) is 14.6. The van der Waals surface area contributed by atoms with Crippen LogP contribution < -0.4 is 15.1 Å². The highest BCUT2D eigenvalue weighted by atomic mass is 28.4. The predicted molar refractivity (Wildman–Crippen MR) is 142 cm³/mol. The van der Waals surface area contributed by atoms with Crippen LogP contribution in [0.5, 0.6) is 5.75 Å². The summed E-state index contributed by atoms with van der Waals surface area (Å²) in [5.74, 6) is 0.850. The molecule has 1 fully saturated rings. The van der Waals surface area contributed by atoms with Crippen molar-refractivity contribution in [2.24, 2.45) is 0 Å². The van der Waals surface area contributed by atoms with Crippen molar-refractivity contribution in [1.82, 2.24) is 0 Å². The highest BCUT2D eigenvalue weighted by Crippen LogP contribution is 2.43. The quantitative estimate of drug-likeness (QED) is 0.246. The van der Waals surface area contributed by atoms with Crippen LogP contribution in [0.1, 0.15) is 26.3 Å². The number of rotatable bonds is 9. The molecule has 5 heteroatoms. The number of benzene rings is 3. The third-order valence-electron chi connectivity index (χ3n) is 7.07. The Bertz CT molecular complexity index is 1110. The van der Waals surface area contributed by atoms with Gasteiger partial charge in [0.25, 0.3) is 8.32 Å². The van der Waals surface area contributed by atoms with Gasteiger partial charge in [-0.05, 0) is 44.8 Å². The van der Waals surface area contributed by atoms with Crippen LogP contribution in [0.3, 0.4) is 0 Å². The van der Waals surface area contributed by atoms with Gasteiger partial charge in [0.15, 0.2) is 0 Å². The zero-order chi connectivity index (χ0) is 24.5. The van der Waals surface area contributed by atoms with Gasteiger partial charge in [0.1, 0.15) is 24.1 Å². The molecule has 0 amide bonds. The molecule has 1 heterocycles. The standard InChI is InChI=1S/C30H34O4Si/c1-30(2,3)35(25-11-7-5-8-12-25,26-13-9-6-10-14-26)33-21-23-19-27(29-28(23)34-29)32-20-22-15-17-24(31-4)18-16-22/h5-19,27-29H,20-21H2,1-4H3/t27-,28+,29?/m1/s1. The minimum absolute atomic E-state index is 0.0418. The molecular weight excluding hydrogens is 452 g/mol. The molecular formula is C30H34O4Si. The molecule has 182 valence electrons. The maximum absolute atomic E-state index is 7.11. The Balaban J connectivity index is 1.35. The van der Waals surface area contributed by atoms with Crippen LogP contribution in [-0.2, 0) is 20.5 Å². The Morgan fingerprint density at radius 1 is 0.800 bits per heavy atom. The van der Waals surface area contributed by atoms with E-state index in [1.54, 1.807) is 7.11 Å². The first-order valence-electron chi connectivity index (χ1n) is 12.3. The molecule has 1 unspecified atom stereocenters. The number of epoxide rings is 1. The minimum Gasteiger partial charge on any atom is -0.497 e. The van der Waals surface area contributed by atoms with Crippen LogP contribution >= 0.6 is 0 Å². The van der Waals surface area contributed by atoms with Gasteiger partial charge in [-0.1, -0.05) is 93.6 Å². The van der Waals surface area contributed by atoms with Gasteiger partial charge in [-0.3, -0.25) is 0 Å². The Hall–Kier alpha value is -2.70. The van der Waals surface area contributed by atoms with Gasteiger partial charge >= 0.3 is 0 Å². The highest BCUT2D eigenvalue weighted by molar-refractivity contribution is 6.99. The lowest BCUT2D eigenvalue weighted by Gasteiger charge is -2.43. The summed E-state index contributed by atoms with van der Waals surface area (Å²) in [5.41, 5.74) is 2.32. The van der Waals surface area contributed by atoms with Crippen molar-refractivity contribution in [1.29, 1.82) is 0 Å². The summed E-state index contributed by atoms with van der Waals surface area (Å²) in [7, 11) is -0.903. The van der Waals surface area contributed by atoms with E-state index >= 15 is 0 Å². The van der Waals surface area contributed by atoms with Crippen molar-refractivity contribution in [2.75, 3.05) is 13.7 Å². The first-order valence-corrected chi connectivity index (χ1v) is 14.2. The van der Waals surface area contributed by atoms with Crippen LogP contribution in [0.25, 0.3) is 0 Å². The SMILES string of the molecule is COc1ccc(CO[C@@H]2C=C(CO[Si](c3ccccc3)(c3ccccc3)C(C)(C)C)[C@@H]3OC23)cc1. The van der Waals surface area contributed by atoms with Gasteiger partial charge < -0.3 is 18.6 Å². The molecule has 0 saturated carbocycles.